The Bertz CT molecular complexity index is 493. The molecule has 1 aliphatic rings. The van der Waals surface area contributed by atoms with E-state index in [0.717, 1.165) is 17.1 Å². The van der Waals surface area contributed by atoms with Crippen molar-refractivity contribution in [2.45, 2.75) is 19.0 Å². The first-order valence-electron chi connectivity index (χ1n) is 6.47. The van der Waals surface area contributed by atoms with Crippen molar-refractivity contribution in [3.05, 3.63) is 29.8 Å². The van der Waals surface area contributed by atoms with E-state index in [-0.39, 0.29) is 11.8 Å². The zero-order valence-corrected chi connectivity index (χ0v) is 12.2. The predicted octanol–water partition coefficient (Wildman–Crippen LogP) is 0.933. The van der Waals surface area contributed by atoms with Crippen molar-refractivity contribution < 1.29 is 14.3 Å². The van der Waals surface area contributed by atoms with Gasteiger partial charge in [0.2, 0.25) is 11.8 Å². The van der Waals surface area contributed by atoms with E-state index in [1.54, 1.807) is 18.9 Å². The maximum atomic E-state index is 12.1. The minimum atomic E-state index is -0.454. The highest BCUT2D eigenvalue weighted by atomic mass is 32.2. The molecule has 0 aliphatic carbocycles. The summed E-state index contributed by atoms with van der Waals surface area (Å²) in [5.41, 5.74) is 0.913. The fourth-order valence-corrected chi connectivity index (χ4v) is 2.94. The van der Waals surface area contributed by atoms with Crippen LogP contribution in [0.5, 0.6) is 5.75 Å². The second kappa shape index (κ2) is 7.19. The summed E-state index contributed by atoms with van der Waals surface area (Å²) in [4.78, 5) is 23.5. The van der Waals surface area contributed by atoms with Crippen molar-refractivity contribution in [1.82, 2.24) is 10.6 Å². The number of carbonyl (C=O) groups excluding carboxylic acids is 2. The molecule has 1 atom stereocenters. The molecule has 108 valence electrons. The number of carbonyl (C=O) groups is 2. The number of nitrogens with one attached hydrogen (secondary N) is 2. The molecule has 2 rings (SSSR count). The van der Waals surface area contributed by atoms with Gasteiger partial charge in [0.05, 0.1) is 7.11 Å². The van der Waals surface area contributed by atoms with E-state index in [2.05, 4.69) is 10.6 Å². The summed E-state index contributed by atoms with van der Waals surface area (Å²) in [7, 11) is 1.60. The molecule has 1 aromatic carbocycles. The van der Waals surface area contributed by atoms with Gasteiger partial charge in [-0.25, -0.2) is 0 Å². The average Bonchev–Trinajstić information content (AvgIpc) is 2.69. The van der Waals surface area contributed by atoms with E-state index in [4.69, 9.17) is 4.74 Å². The van der Waals surface area contributed by atoms with Gasteiger partial charge >= 0.3 is 0 Å². The standard InChI is InChI=1S/C14H18N2O3S/c1-19-12-5-3-2-4-10(12)8-15-14(18)11-9-20-7-6-13(17)16-11/h2-5,11H,6-9H2,1H3,(H,15,18)(H,16,17)/t11-/m0/s1. The summed E-state index contributed by atoms with van der Waals surface area (Å²) in [6, 6.07) is 7.08. The van der Waals surface area contributed by atoms with Crippen LogP contribution in [0.15, 0.2) is 24.3 Å². The van der Waals surface area contributed by atoms with E-state index < -0.39 is 6.04 Å². The van der Waals surface area contributed by atoms with Crippen LogP contribution in [0.25, 0.3) is 0 Å². The van der Waals surface area contributed by atoms with E-state index in [1.807, 2.05) is 24.3 Å². The molecule has 0 unspecified atom stereocenters. The Morgan fingerprint density at radius 1 is 1.50 bits per heavy atom. The average molecular weight is 294 g/mol. The monoisotopic (exact) mass is 294 g/mol. The molecule has 0 saturated carbocycles. The predicted molar refractivity (Wildman–Crippen MR) is 78.7 cm³/mol. The number of benzene rings is 1. The van der Waals surface area contributed by atoms with E-state index in [1.165, 1.54) is 0 Å². The summed E-state index contributed by atoms with van der Waals surface area (Å²) in [5, 5.41) is 5.59. The van der Waals surface area contributed by atoms with Crippen LogP contribution in [-0.2, 0) is 16.1 Å². The Kier molecular flexibility index (Phi) is 5.29. The first-order valence-corrected chi connectivity index (χ1v) is 7.63. The Morgan fingerprint density at radius 2 is 2.30 bits per heavy atom. The van der Waals surface area contributed by atoms with Crippen LogP contribution < -0.4 is 15.4 Å². The molecule has 1 fully saturated rings. The van der Waals surface area contributed by atoms with Crippen LogP contribution in [0.2, 0.25) is 0 Å². The molecule has 1 heterocycles. The van der Waals surface area contributed by atoms with Gasteiger partial charge in [0, 0.05) is 30.0 Å². The maximum Gasteiger partial charge on any atom is 0.243 e. The number of ether oxygens (including phenoxy) is 1. The molecule has 5 nitrogen and oxygen atoms in total. The summed E-state index contributed by atoms with van der Waals surface area (Å²) in [5.74, 6) is 1.91. The second-order valence-electron chi connectivity index (χ2n) is 4.47. The molecule has 2 amide bonds. The third-order valence-corrected chi connectivity index (χ3v) is 4.12. The van der Waals surface area contributed by atoms with Crippen LogP contribution in [0.4, 0.5) is 0 Å². The lowest BCUT2D eigenvalue weighted by Gasteiger charge is -2.16. The van der Waals surface area contributed by atoms with Crippen LogP contribution in [0.3, 0.4) is 0 Å². The highest BCUT2D eigenvalue weighted by molar-refractivity contribution is 7.99. The fraction of sp³-hybridized carbons (Fsp3) is 0.429. The molecule has 2 N–H and O–H groups in total. The molecule has 6 heteroatoms. The molecule has 0 radical (unpaired) electrons. The fourth-order valence-electron chi connectivity index (χ4n) is 1.97. The number of thioether (sulfide) groups is 1. The van der Waals surface area contributed by atoms with Crippen molar-refractivity contribution in [3.8, 4) is 5.75 Å². The number of hydrogen-bond donors (Lipinski definition) is 2. The molecule has 20 heavy (non-hydrogen) atoms. The van der Waals surface area contributed by atoms with Gasteiger partial charge in [0.25, 0.3) is 0 Å². The van der Waals surface area contributed by atoms with Crippen molar-refractivity contribution >= 4 is 23.6 Å². The SMILES string of the molecule is COc1ccccc1CNC(=O)[C@@H]1CSCCC(=O)N1. The zero-order valence-electron chi connectivity index (χ0n) is 11.3. The van der Waals surface area contributed by atoms with Gasteiger partial charge in [-0.1, -0.05) is 18.2 Å². The van der Waals surface area contributed by atoms with Crippen LogP contribution in [-0.4, -0.2) is 36.5 Å². The lowest BCUT2D eigenvalue weighted by Crippen LogP contribution is -2.47. The Morgan fingerprint density at radius 3 is 3.10 bits per heavy atom. The van der Waals surface area contributed by atoms with Gasteiger partial charge in [0.15, 0.2) is 0 Å². The number of hydrogen-bond acceptors (Lipinski definition) is 4. The summed E-state index contributed by atoms with van der Waals surface area (Å²) in [6.07, 6.45) is 0.473. The molecule has 1 saturated heterocycles. The number of amides is 2. The first kappa shape index (κ1) is 14.7. The van der Waals surface area contributed by atoms with Crippen LogP contribution >= 0.6 is 11.8 Å². The van der Waals surface area contributed by atoms with Crippen molar-refractivity contribution in [1.29, 1.82) is 0 Å². The minimum absolute atomic E-state index is 0.0626. The third-order valence-electron chi connectivity index (χ3n) is 3.06. The van der Waals surface area contributed by atoms with Gasteiger partial charge in [-0.3, -0.25) is 9.59 Å². The second-order valence-corrected chi connectivity index (χ2v) is 5.62. The van der Waals surface area contributed by atoms with Crippen LogP contribution in [0, 0.1) is 0 Å². The minimum Gasteiger partial charge on any atom is -0.496 e. The molecule has 0 aromatic heterocycles. The maximum absolute atomic E-state index is 12.1. The quantitative estimate of drug-likeness (QED) is 0.867. The smallest absolute Gasteiger partial charge is 0.243 e. The largest absolute Gasteiger partial charge is 0.496 e. The topological polar surface area (TPSA) is 67.4 Å². The Balaban J connectivity index is 1.92. The van der Waals surface area contributed by atoms with Gasteiger partial charge in [-0.2, -0.15) is 11.8 Å². The van der Waals surface area contributed by atoms with Gasteiger partial charge < -0.3 is 15.4 Å². The molecular formula is C14H18N2O3S. The Labute approximate surface area is 122 Å². The normalized spacial score (nSPS) is 18.9. The lowest BCUT2D eigenvalue weighted by molar-refractivity contribution is -0.128. The highest BCUT2D eigenvalue weighted by Gasteiger charge is 2.23. The van der Waals surface area contributed by atoms with Gasteiger partial charge in [-0.15, -0.1) is 0 Å². The molecule has 0 bridgehead atoms. The molecule has 1 aromatic rings. The first-order chi connectivity index (χ1) is 9.70. The zero-order chi connectivity index (χ0) is 14.4. The highest BCUT2D eigenvalue weighted by Crippen LogP contribution is 2.17. The van der Waals surface area contributed by atoms with Crippen LogP contribution in [0.1, 0.15) is 12.0 Å². The van der Waals surface area contributed by atoms with Crippen molar-refractivity contribution in [3.63, 3.8) is 0 Å². The summed E-state index contributed by atoms with van der Waals surface area (Å²) >= 11 is 1.62. The number of methoxy groups -OCH3 is 1. The van der Waals surface area contributed by atoms with Gasteiger partial charge in [-0.05, 0) is 6.07 Å². The third kappa shape index (κ3) is 3.90. The number of rotatable bonds is 4. The van der Waals surface area contributed by atoms with E-state index in [0.29, 0.717) is 18.7 Å². The Hall–Kier alpha value is -1.69. The summed E-state index contributed by atoms with van der Waals surface area (Å²) in [6.45, 7) is 0.389. The van der Waals surface area contributed by atoms with Crippen molar-refractivity contribution in [2.75, 3.05) is 18.6 Å². The molecular weight excluding hydrogens is 276 g/mol. The van der Waals surface area contributed by atoms with E-state index in [9.17, 15) is 9.59 Å². The lowest BCUT2D eigenvalue weighted by atomic mass is 10.2. The summed E-state index contributed by atoms with van der Waals surface area (Å²) < 4.78 is 5.24. The molecule has 1 aliphatic heterocycles. The molecule has 0 spiro atoms. The van der Waals surface area contributed by atoms with E-state index >= 15 is 0 Å². The van der Waals surface area contributed by atoms with Crippen molar-refractivity contribution in [2.24, 2.45) is 0 Å². The number of para-hydroxylation sites is 1. The van der Waals surface area contributed by atoms with Gasteiger partial charge in [0.1, 0.15) is 11.8 Å².